The summed E-state index contributed by atoms with van der Waals surface area (Å²) in [4.78, 5) is 18.8. The summed E-state index contributed by atoms with van der Waals surface area (Å²) in [5.41, 5.74) is 2.54. The van der Waals surface area contributed by atoms with Gasteiger partial charge in [0, 0.05) is 42.3 Å². The average Bonchev–Trinajstić information content (AvgIpc) is 3.22. The molecule has 0 spiro atoms. The molecule has 7 heteroatoms. The molecule has 6 nitrogen and oxygen atoms in total. The van der Waals surface area contributed by atoms with E-state index >= 15 is 0 Å². The molecule has 0 bridgehead atoms. The Labute approximate surface area is 189 Å². The number of rotatable bonds is 7. The van der Waals surface area contributed by atoms with Crippen LogP contribution in [0.2, 0.25) is 0 Å². The fourth-order valence-electron chi connectivity index (χ4n) is 4.67. The number of fused-ring (bicyclic) bond motifs is 1. The van der Waals surface area contributed by atoms with Crippen LogP contribution in [0, 0.1) is 0 Å². The number of carbonyl (C=O) groups excluding carboxylic acids is 1. The van der Waals surface area contributed by atoms with Gasteiger partial charge in [0.1, 0.15) is 5.69 Å². The van der Waals surface area contributed by atoms with Crippen LogP contribution in [0.3, 0.4) is 0 Å². The van der Waals surface area contributed by atoms with Crippen molar-refractivity contribution in [1.82, 2.24) is 15.2 Å². The largest absolute Gasteiger partial charge is 0.351 e. The molecule has 1 fully saturated rings. The lowest BCUT2D eigenvalue weighted by Gasteiger charge is -2.37. The van der Waals surface area contributed by atoms with E-state index in [1.807, 2.05) is 17.9 Å². The molecule has 2 aromatic carbocycles. The van der Waals surface area contributed by atoms with E-state index in [0.29, 0.717) is 18.3 Å². The Balaban J connectivity index is 1.47. The summed E-state index contributed by atoms with van der Waals surface area (Å²) in [6.07, 6.45) is 5.34. The number of hydrogen-bond acceptors (Lipinski definition) is 4. The highest BCUT2D eigenvalue weighted by molar-refractivity contribution is 7.90. The highest BCUT2D eigenvalue weighted by Gasteiger charge is 2.30. The fraction of sp³-hybridized carbons (Fsp3) is 0.400. The van der Waals surface area contributed by atoms with Gasteiger partial charge in [0.05, 0.1) is 4.90 Å². The Hall–Kier alpha value is -2.64. The van der Waals surface area contributed by atoms with Crippen LogP contribution in [0.25, 0.3) is 10.9 Å². The first-order valence-corrected chi connectivity index (χ1v) is 13.2. The zero-order chi connectivity index (χ0) is 22.7. The number of benzene rings is 2. The van der Waals surface area contributed by atoms with E-state index in [2.05, 4.69) is 34.6 Å². The van der Waals surface area contributed by atoms with Crippen LogP contribution < -0.4 is 5.32 Å². The standard InChI is InChI=1S/C25H31N3O3S/c1-3-28(21-11-7-10-20(16-21)26-17-18-8-5-4-6-9-18)25(29)24-15-19-14-22(32(2,30)31)12-13-23(19)27-24/h4-6,8-9,12-15,20-21,26-27H,3,7,10-11,16-17H2,1-2H3/t20-,21+/m1/s1. The third kappa shape index (κ3) is 5.05. The number of hydrogen-bond donors (Lipinski definition) is 2. The molecule has 0 unspecified atom stereocenters. The summed E-state index contributed by atoms with van der Waals surface area (Å²) in [7, 11) is -3.29. The van der Waals surface area contributed by atoms with Crippen molar-refractivity contribution in [3.05, 3.63) is 65.9 Å². The summed E-state index contributed by atoms with van der Waals surface area (Å²) in [5, 5.41) is 4.40. The molecular weight excluding hydrogens is 422 g/mol. The monoisotopic (exact) mass is 453 g/mol. The molecule has 1 aliphatic carbocycles. The predicted octanol–water partition coefficient (Wildman–Crippen LogP) is 4.13. The lowest BCUT2D eigenvalue weighted by molar-refractivity contribution is 0.0623. The number of aromatic nitrogens is 1. The van der Waals surface area contributed by atoms with Crippen molar-refractivity contribution in [2.75, 3.05) is 12.8 Å². The summed E-state index contributed by atoms with van der Waals surface area (Å²) in [5.74, 6) is -0.0293. The van der Waals surface area contributed by atoms with Crippen molar-refractivity contribution < 1.29 is 13.2 Å². The quantitative estimate of drug-likeness (QED) is 0.563. The van der Waals surface area contributed by atoms with Crippen LogP contribution in [0.1, 0.15) is 48.7 Å². The topological polar surface area (TPSA) is 82.3 Å². The van der Waals surface area contributed by atoms with Crippen molar-refractivity contribution in [3.8, 4) is 0 Å². The summed E-state index contributed by atoms with van der Waals surface area (Å²) in [6, 6.07) is 17.6. The zero-order valence-electron chi connectivity index (χ0n) is 18.7. The summed E-state index contributed by atoms with van der Waals surface area (Å²) >= 11 is 0. The average molecular weight is 454 g/mol. The lowest BCUT2D eigenvalue weighted by atomic mass is 9.89. The van der Waals surface area contributed by atoms with E-state index in [4.69, 9.17) is 0 Å². The molecule has 1 heterocycles. The van der Waals surface area contributed by atoms with Crippen molar-refractivity contribution in [2.45, 2.75) is 56.1 Å². The minimum Gasteiger partial charge on any atom is -0.351 e. The molecular formula is C25H31N3O3S. The van der Waals surface area contributed by atoms with Crippen LogP contribution in [-0.2, 0) is 16.4 Å². The van der Waals surface area contributed by atoms with Crippen LogP contribution >= 0.6 is 0 Å². The van der Waals surface area contributed by atoms with Gasteiger partial charge in [0.25, 0.3) is 5.91 Å². The first-order valence-electron chi connectivity index (χ1n) is 11.3. The molecule has 1 amide bonds. The predicted molar refractivity (Wildman–Crippen MR) is 127 cm³/mol. The minimum absolute atomic E-state index is 0.0293. The molecule has 2 atom stereocenters. The molecule has 32 heavy (non-hydrogen) atoms. The SMILES string of the molecule is CCN(C(=O)c1cc2cc(S(C)(=O)=O)ccc2[nH]1)[C@H]1CCC[C@@H](NCc2ccccc2)C1. The van der Waals surface area contributed by atoms with Gasteiger partial charge < -0.3 is 15.2 Å². The van der Waals surface area contributed by atoms with Crippen molar-refractivity contribution in [3.63, 3.8) is 0 Å². The highest BCUT2D eigenvalue weighted by Crippen LogP contribution is 2.26. The Morgan fingerprint density at radius 3 is 2.62 bits per heavy atom. The lowest BCUT2D eigenvalue weighted by Crippen LogP contribution is -2.46. The molecule has 2 N–H and O–H groups in total. The zero-order valence-corrected chi connectivity index (χ0v) is 19.5. The number of nitrogens with one attached hydrogen (secondary N) is 2. The molecule has 170 valence electrons. The number of sulfone groups is 1. The third-order valence-corrected chi connectivity index (χ3v) is 7.49. The molecule has 0 saturated heterocycles. The van der Waals surface area contributed by atoms with Crippen molar-refractivity contribution in [1.29, 1.82) is 0 Å². The number of aromatic amines is 1. The van der Waals surface area contributed by atoms with Crippen LogP contribution in [0.5, 0.6) is 0 Å². The normalized spacial score (nSPS) is 19.2. The Morgan fingerprint density at radius 2 is 1.91 bits per heavy atom. The second kappa shape index (κ2) is 9.46. The number of nitrogens with zero attached hydrogens (tertiary/aromatic N) is 1. The fourth-order valence-corrected chi connectivity index (χ4v) is 5.33. The molecule has 1 saturated carbocycles. The van der Waals surface area contributed by atoms with Gasteiger partial charge in [-0.3, -0.25) is 4.79 Å². The van der Waals surface area contributed by atoms with Crippen LogP contribution in [0.4, 0.5) is 0 Å². The van der Waals surface area contributed by atoms with Gasteiger partial charge in [-0.1, -0.05) is 30.3 Å². The molecule has 3 aromatic rings. The second-order valence-corrected chi connectivity index (χ2v) is 10.7. The van der Waals surface area contributed by atoms with E-state index in [-0.39, 0.29) is 16.8 Å². The molecule has 1 aliphatic rings. The smallest absolute Gasteiger partial charge is 0.270 e. The summed E-state index contributed by atoms with van der Waals surface area (Å²) < 4.78 is 23.7. The number of H-pyrrole nitrogens is 1. The number of amides is 1. The van der Waals surface area contributed by atoms with Gasteiger partial charge in [-0.05, 0) is 62.4 Å². The van der Waals surface area contributed by atoms with Gasteiger partial charge in [-0.15, -0.1) is 0 Å². The molecule has 0 aliphatic heterocycles. The molecule has 0 radical (unpaired) electrons. The minimum atomic E-state index is -3.29. The molecule has 1 aromatic heterocycles. The second-order valence-electron chi connectivity index (χ2n) is 8.68. The number of carbonyl (C=O) groups is 1. The van der Waals surface area contributed by atoms with E-state index in [1.54, 1.807) is 24.3 Å². The Kier molecular flexibility index (Phi) is 6.67. The van der Waals surface area contributed by atoms with Gasteiger partial charge in [-0.2, -0.15) is 0 Å². The van der Waals surface area contributed by atoms with E-state index in [9.17, 15) is 13.2 Å². The Morgan fingerprint density at radius 1 is 1.12 bits per heavy atom. The highest BCUT2D eigenvalue weighted by atomic mass is 32.2. The maximum atomic E-state index is 13.4. The van der Waals surface area contributed by atoms with Gasteiger partial charge in [0.15, 0.2) is 9.84 Å². The van der Waals surface area contributed by atoms with E-state index in [1.165, 1.54) is 11.8 Å². The van der Waals surface area contributed by atoms with E-state index in [0.717, 1.165) is 43.1 Å². The van der Waals surface area contributed by atoms with Gasteiger partial charge in [0.2, 0.25) is 0 Å². The third-order valence-electron chi connectivity index (χ3n) is 6.38. The van der Waals surface area contributed by atoms with Crippen molar-refractivity contribution in [2.24, 2.45) is 0 Å². The molecule has 4 rings (SSSR count). The van der Waals surface area contributed by atoms with Crippen LogP contribution in [-0.4, -0.2) is 49.1 Å². The first kappa shape index (κ1) is 22.6. The maximum Gasteiger partial charge on any atom is 0.270 e. The summed E-state index contributed by atoms with van der Waals surface area (Å²) in [6.45, 7) is 3.49. The van der Waals surface area contributed by atoms with Crippen molar-refractivity contribution >= 4 is 26.6 Å². The van der Waals surface area contributed by atoms with Gasteiger partial charge >= 0.3 is 0 Å². The Bertz CT molecular complexity index is 1190. The maximum absolute atomic E-state index is 13.4. The van der Waals surface area contributed by atoms with Gasteiger partial charge in [-0.25, -0.2) is 8.42 Å². The van der Waals surface area contributed by atoms with Crippen LogP contribution in [0.15, 0.2) is 59.5 Å². The first-order chi connectivity index (χ1) is 15.3. The van der Waals surface area contributed by atoms with E-state index < -0.39 is 9.84 Å².